The standard InChI is InChI=1S/C20H13Br2N3O2/c21-15-9-13(19(26)18(22)20(15)27)10-23-14-6-4-12(5-7-14)16-11-25-8-2-1-3-17(25)24-16/h1-11,26-27H/b23-10+. The van der Waals surface area contributed by atoms with E-state index in [9.17, 15) is 10.2 Å². The Kier molecular flexibility index (Phi) is 4.72. The molecular formula is C20H13Br2N3O2. The summed E-state index contributed by atoms with van der Waals surface area (Å²) in [5.74, 6) is -0.123. The zero-order valence-electron chi connectivity index (χ0n) is 13.8. The van der Waals surface area contributed by atoms with E-state index in [1.807, 2.05) is 59.3 Å². The minimum absolute atomic E-state index is 0.0542. The van der Waals surface area contributed by atoms with Crippen LogP contribution in [0.3, 0.4) is 0 Å². The monoisotopic (exact) mass is 485 g/mol. The van der Waals surface area contributed by atoms with E-state index < -0.39 is 0 Å². The number of benzene rings is 2. The zero-order valence-corrected chi connectivity index (χ0v) is 17.0. The summed E-state index contributed by atoms with van der Waals surface area (Å²) < 4.78 is 2.67. The highest BCUT2D eigenvalue weighted by Crippen LogP contribution is 2.40. The van der Waals surface area contributed by atoms with Gasteiger partial charge in [-0.15, -0.1) is 0 Å². The summed E-state index contributed by atoms with van der Waals surface area (Å²) >= 11 is 6.40. The summed E-state index contributed by atoms with van der Waals surface area (Å²) in [5.41, 5.74) is 4.00. The molecule has 0 unspecified atom stereocenters. The molecule has 0 amide bonds. The van der Waals surface area contributed by atoms with Gasteiger partial charge >= 0.3 is 0 Å². The molecule has 4 aromatic rings. The number of pyridine rings is 1. The van der Waals surface area contributed by atoms with E-state index in [1.54, 1.807) is 12.3 Å². The molecule has 5 nitrogen and oxygen atoms in total. The van der Waals surface area contributed by atoms with E-state index >= 15 is 0 Å². The lowest BCUT2D eigenvalue weighted by molar-refractivity contribution is 0.442. The largest absolute Gasteiger partial charge is 0.506 e. The molecule has 0 aliphatic rings. The molecule has 134 valence electrons. The number of halogens is 2. The van der Waals surface area contributed by atoms with Crippen LogP contribution in [0.25, 0.3) is 16.9 Å². The fourth-order valence-electron chi connectivity index (χ4n) is 2.65. The van der Waals surface area contributed by atoms with Crippen LogP contribution in [0.2, 0.25) is 0 Å². The molecule has 0 fully saturated rings. The first-order valence-corrected chi connectivity index (χ1v) is 9.59. The van der Waals surface area contributed by atoms with Gasteiger partial charge in [0.05, 0.1) is 15.9 Å². The van der Waals surface area contributed by atoms with Crippen molar-refractivity contribution in [3.63, 3.8) is 0 Å². The first-order valence-electron chi connectivity index (χ1n) is 8.01. The SMILES string of the molecule is Oc1c(Br)cc(/C=N/c2ccc(-c3cn4ccccc4n3)cc2)c(O)c1Br. The molecule has 0 saturated heterocycles. The van der Waals surface area contributed by atoms with Crippen molar-refractivity contribution >= 4 is 49.4 Å². The van der Waals surface area contributed by atoms with Crippen molar-refractivity contribution < 1.29 is 10.2 Å². The summed E-state index contributed by atoms with van der Waals surface area (Å²) in [6.45, 7) is 0. The Morgan fingerprint density at radius 1 is 1.00 bits per heavy atom. The van der Waals surface area contributed by atoms with Crippen LogP contribution in [0, 0.1) is 0 Å². The summed E-state index contributed by atoms with van der Waals surface area (Å²) in [6, 6.07) is 15.2. The van der Waals surface area contributed by atoms with Crippen LogP contribution in [-0.4, -0.2) is 25.8 Å². The number of nitrogens with zero attached hydrogens (tertiary/aromatic N) is 3. The number of aromatic hydroxyl groups is 2. The number of aromatic nitrogens is 2. The summed E-state index contributed by atoms with van der Waals surface area (Å²) in [6.07, 6.45) is 5.49. The lowest BCUT2D eigenvalue weighted by atomic mass is 10.1. The van der Waals surface area contributed by atoms with Crippen LogP contribution in [-0.2, 0) is 0 Å². The maximum absolute atomic E-state index is 10.1. The summed E-state index contributed by atoms with van der Waals surface area (Å²) in [7, 11) is 0. The molecule has 2 N–H and O–H groups in total. The van der Waals surface area contributed by atoms with Gasteiger partial charge in [-0.25, -0.2) is 4.98 Å². The van der Waals surface area contributed by atoms with Gasteiger partial charge in [0.1, 0.15) is 21.6 Å². The molecule has 2 aromatic heterocycles. The Morgan fingerprint density at radius 2 is 1.78 bits per heavy atom. The normalized spacial score (nSPS) is 11.5. The predicted octanol–water partition coefficient (Wildman–Crippen LogP) is 5.69. The van der Waals surface area contributed by atoms with E-state index in [2.05, 4.69) is 41.8 Å². The number of phenols is 2. The molecule has 0 spiro atoms. The average Bonchev–Trinajstić information content (AvgIpc) is 3.13. The van der Waals surface area contributed by atoms with Gasteiger partial charge in [0.15, 0.2) is 0 Å². The lowest BCUT2D eigenvalue weighted by Crippen LogP contribution is -1.85. The van der Waals surface area contributed by atoms with E-state index in [-0.39, 0.29) is 16.0 Å². The van der Waals surface area contributed by atoms with Crippen molar-refractivity contribution in [2.45, 2.75) is 0 Å². The highest BCUT2D eigenvalue weighted by molar-refractivity contribution is 9.11. The van der Waals surface area contributed by atoms with Crippen LogP contribution in [0.5, 0.6) is 11.5 Å². The van der Waals surface area contributed by atoms with Gasteiger partial charge in [-0.3, -0.25) is 4.99 Å². The molecule has 0 bridgehead atoms. The third-order valence-electron chi connectivity index (χ3n) is 4.08. The molecule has 0 aliphatic heterocycles. The van der Waals surface area contributed by atoms with Crippen molar-refractivity contribution in [2.24, 2.45) is 4.99 Å². The minimum Gasteiger partial charge on any atom is -0.506 e. The molecule has 7 heteroatoms. The highest BCUT2D eigenvalue weighted by atomic mass is 79.9. The summed E-state index contributed by atoms with van der Waals surface area (Å²) in [4.78, 5) is 9.00. The fraction of sp³-hybridized carbons (Fsp3) is 0. The molecular weight excluding hydrogens is 474 g/mol. The molecule has 0 atom stereocenters. The highest BCUT2D eigenvalue weighted by Gasteiger charge is 2.12. The van der Waals surface area contributed by atoms with E-state index in [0.717, 1.165) is 22.6 Å². The lowest BCUT2D eigenvalue weighted by Gasteiger charge is -2.06. The molecule has 0 radical (unpaired) electrons. The van der Waals surface area contributed by atoms with Crippen LogP contribution in [0.15, 0.2) is 74.9 Å². The van der Waals surface area contributed by atoms with E-state index in [4.69, 9.17) is 0 Å². The Labute approximate surface area is 171 Å². The van der Waals surface area contributed by atoms with E-state index in [0.29, 0.717) is 10.0 Å². The number of imidazole rings is 1. The third-order valence-corrected chi connectivity index (χ3v) is 5.43. The molecule has 2 heterocycles. The van der Waals surface area contributed by atoms with Gasteiger partial charge in [-0.2, -0.15) is 0 Å². The Bertz CT molecular complexity index is 1140. The second-order valence-corrected chi connectivity index (χ2v) is 7.50. The Hall–Kier alpha value is -2.64. The smallest absolute Gasteiger partial charge is 0.147 e. The maximum atomic E-state index is 10.1. The van der Waals surface area contributed by atoms with Crippen LogP contribution >= 0.6 is 31.9 Å². The van der Waals surface area contributed by atoms with Crippen molar-refractivity contribution in [1.82, 2.24) is 9.38 Å². The molecule has 27 heavy (non-hydrogen) atoms. The first kappa shape index (κ1) is 17.8. The van der Waals surface area contributed by atoms with Gasteiger partial charge in [0.25, 0.3) is 0 Å². The predicted molar refractivity (Wildman–Crippen MR) is 113 cm³/mol. The Morgan fingerprint density at radius 3 is 2.52 bits per heavy atom. The van der Waals surface area contributed by atoms with Crippen molar-refractivity contribution in [1.29, 1.82) is 0 Å². The van der Waals surface area contributed by atoms with E-state index in [1.165, 1.54) is 0 Å². The van der Waals surface area contributed by atoms with Gasteiger partial charge in [-0.05, 0) is 62.2 Å². The van der Waals surface area contributed by atoms with Crippen molar-refractivity contribution in [3.8, 4) is 22.8 Å². The molecule has 4 rings (SSSR count). The maximum Gasteiger partial charge on any atom is 0.147 e. The average molecular weight is 487 g/mol. The quantitative estimate of drug-likeness (QED) is 0.365. The van der Waals surface area contributed by atoms with Gasteiger partial charge in [-0.1, -0.05) is 18.2 Å². The number of hydrogen-bond donors (Lipinski definition) is 2. The van der Waals surface area contributed by atoms with Gasteiger partial charge in [0, 0.05) is 29.7 Å². The molecule has 2 aromatic carbocycles. The van der Waals surface area contributed by atoms with Crippen LogP contribution in [0.1, 0.15) is 5.56 Å². The second-order valence-electron chi connectivity index (χ2n) is 5.86. The topological polar surface area (TPSA) is 70.1 Å². The number of aliphatic imine (C=N–C) groups is 1. The van der Waals surface area contributed by atoms with Crippen LogP contribution < -0.4 is 0 Å². The third kappa shape index (κ3) is 3.48. The second kappa shape index (κ2) is 7.17. The van der Waals surface area contributed by atoms with Crippen molar-refractivity contribution in [2.75, 3.05) is 0 Å². The zero-order chi connectivity index (χ0) is 19.0. The summed E-state index contributed by atoms with van der Waals surface area (Å²) in [5, 5.41) is 19.9. The number of hydrogen-bond acceptors (Lipinski definition) is 4. The Balaban J connectivity index is 1.60. The minimum atomic E-state index is -0.0687. The first-order chi connectivity index (χ1) is 13.0. The number of fused-ring (bicyclic) bond motifs is 1. The van der Waals surface area contributed by atoms with Gasteiger partial charge in [0.2, 0.25) is 0 Å². The number of rotatable bonds is 3. The van der Waals surface area contributed by atoms with Crippen molar-refractivity contribution in [3.05, 3.63) is 75.4 Å². The molecule has 0 aliphatic carbocycles. The molecule has 0 saturated carbocycles. The number of phenolic OH excluding ortho intramolecular Hbond substituents is 2. The van der Waals surface area contributed by atoms with Crippen LogP contribution in [0.4, 0.5) is 5.69 Å². The fourth-order valence-corrected chi connectivity index (χ4v) is 3.80. The van der Waals surface area contributed by atoms with Gasteiger partial charge < -0.3 is 14.6 Å².